The van der Waals surface area contributed by atoms with E-state index in [1.807, 2.05) is 31.2 Å². The lowest BCUT2D eigenvalue weighted by Gasteiger charge is -2.13. The molecule has 0 bridgehead atoms. The highest BCUT2D eigenvalue weighted by atomic mass is 16.6. The van der Waals surface area contributed by atoms with Crippen LogP contribution in [0.4, 0.5) is 4.79 Å². The van der Waals surface area contributed by atoms with Gasteiger partial charge >= 0.3 is 6.09 Å². The van der Waals surface area contributed by atoms with E-state index in [1.54, 1.807) is 7.11 Å². The zero-order valence-electron chi connectivity index (χ0n) is 8.69. The highest BCUT2D eigenvalue weighted by Crippen LogP contribution is 2.27. The summed E-state index contributed by atoms with van der Waals surface area (Å²) in [5, 5.41) is 2.70. The van der Waals surface area contributed by atoms with Gasteiger partial charge in [-0.2, -0.15) is 0 Å². The van der Waals surface area contributed by atoms with Gasteiger partial charge in [0.05, 0.1) is 13.2 Å². The maximum Gasteiger partial charge on any atom is 0.408 e. The van der Waals surface area contributed by atoms with E-state index in [1.165, 1.54) is 0 Å². The van der Waals surface area contributed by atoms with Crippen LogP contribution in [-0.2, 0) is 4.74 Å². The second-order valence-electron chi connectivity index (χ2n) is 3.53. The first kappa shape index (κ1) is 9.83. The fraction of sp³-hybridized carbons (Fsp3) is 0.364. The van der Waals surface area contributed by atoms with Crippen LogP contribution in [0.1, 0.15) is 18.6 Å². The highest BCUT2D eigenvalue weighted by Gasteiger charge is 2.31. The average molecular weight is 207 g/mol. The van der Waals surface area contributed by atoms with E-state index < -0.39 is 0 Å². The highest BCUT2D eigenvalue weighted by molar-refractivity contribution is 5.70. The summed E-state index contributed by atoms with van der Waals surface area (Å²) in [4.78, 5) is 11.0. The van der Waals surface area contributed by atoms with Gasteiger partial charge in [0.15, 0.2) is 0 Å². The minimum atomic E-state index is -0.358. The van der Waals surface area contributed by atoms with Gasteiger partial charge in [0.1, 0.15) is 11.9 Å². The summed E-state index contributed by atoms with van der Waals surface area (Å²) in [6.45, 7) is 1.92. The van der Waals surface area contributed by atoms with Crippen LogP contribution in [0, 0.1) is 0 Å². The molecule has 1 fully saturated rings. The molecule has 0 spiro atoms. The fourth-order valence-corrected chi connectivity index (χ4v) is 1.66. The fourth-order valence-electron chi connectivity index (χ4n) is 1.66. The molecule has 0 unspecified atom stereocenters. The van der Waals surface area contributed by atoms with Crippen molar-refractivity contribution in [1.82, 2.24) is 5.32 Å². The molecule has 2 atom stereocenters. The van der Waals surface area contributed by atoms with Crippen LogP contribution in [0.2, 0.25) is 0 Å². The summed E-state index contributed by atoms with van der Waals surface area (Å²) in [5.74, 6) is 0.795. The van der Waals surface area contributed by atoms with Crippen LogP contribution >= 0.6 is 0 Å². The van der Waals surface area contributed by atoms with Gasteiger partial charge < -0.3 is 14.8 Å². The van der Waals surface area contributed by atoms with Crippen molar-refractivity contribution in [3.63, 3.8) is 0 Å². The number of amides is 1. The van der Waals surface area contributed by atoms with Crippen LogP contribution in [-0.4, -0.2) is 19.2 Å². The Hall–Kier alpha value is -1.71. The minimum Gasteiger partial charge on any atom is -0.497 e. The Morgan fingerprint density at radius 2 is 2.00 bits per heavy atom. The van der Waals surface area contributed by atoms with Gasteiger partial charge in [-0.1, -0.05) is 12.1 Å². The van der Waals surface area contributed by atoms with Gasteiger partial charge in [-0.3, -0.25) is 0 Å². The third-order valence-corrected chi connectivity index (χ3v) is 2.48. The quantitative estimate of drug-likeness (QED) is 0.805. The predicted molar refractivity (Wildman–Crippen MR) is 54.8 cm³/mol. The number of hydrogen-bond donors (Lipinski definition) is 1. The normalized spacial score (nSPS) is 24.5. The SMILES string of the molecule is COc1ccc([C@@H]2OC(=O)N[C@@H]2C)cc1. The molecule has 0 saturated carbocycles. The van der Waals surface area contributed by atoms with Gasteiger partial charge in [0, 0.05) is 0 Å². The van der Waals surface area contributed by atoms with Crippen molar-refractivity contribution in [2.45, 2.75) is 19.1 Å². The van der Waals surface area contributed by atoms with E-state index in [0.29, 0.717) is 0 Å². The van der Waals surface area contributed by atoms with E-state index in [4.69, 9.17) is 9.47 Å². The predicted octanol–water partition coefficient (Wildman–Crippen LogP) is 1.86. The summed E-state index contributed by atoms with van der Waals surface area (Å²) in [6.07, 6.45) is -0.563. The maximum atomic E-state index is 11.0. The van der Waals surface area contributed by atoms with E-state index in [-0.39, 0.29) is 18.2 Å². The van der Waals surface area contributed by atoms with Crippen LogP contribution in [0.3, 0.4) is 0 Å². The first-order valence-corrected chi connectivity index (χ1v) is 4.82. The number of cyclic esters (lactones) is 1. The van der Waals surface area contributed by atoms with Gasteiger partial charge in [0.25, 0.3) is 0 Å². The number of hydrogen-bond acceptors (Lipinski definition) is 3. The van der Waals surface area contributed by atoms with Crippen molar-refractivity contribution in [3.05, 3.63) is 29.8 Å². The van der Waals surface area contributed by atoms with E-state index in [0.717, 1.165) is 11.3 Å². The third-order valence-electron chi connectivity index (χ3n) is 2.48. The lowest BCUT2D eigenvalue weighted by Crippen LogP contribution is -2.23. The topological polar surface area (TPSA) is 47.6 Å². The summed E-state index contributed by atoms with van der Waals surface area (Å²) in [7, 11) is 1.62. The second kappa shape index (κ2) is 3.81. The second-order valence-corrected chi connectivity index (χ2v) is 3.53. The molecule has 1 amide bonds. The molecule has 1 saturated heterocycles. The van der Waals surface area contributed by atoms with Crippen molar-refractivity contribution in [3.8, 4) is 5.75 Å². The summed E-state index contributed by atoms with van der Waals surface area (Å²) in [5.41, 5.74) is 0.974. The molecule has 1 aliphatic heterocycles. The van der Waals surface area contributed by atoms with Gasteiger partial charge in [-0.05, 0) is 24.6 Å². The monoisotopic (exact) mass is 207 g/mol. The first-order valence-electron chi connectivity index (χ1n) is 4.82. The molecule has 1 heterocycles. The van der Waals surface area contributed by atoms with E-state index in [2.05, 4.69) is 5.32 Å². The first-order chi connectivity index (χ1) is 7.20. The summed E-state index contributed by atoms with van der Waals surface area (Å²) >= 11 is 0. The number of methoxy groups -OCH3 is 1. The number of nitrogens with one attached hydrogen (secondary N) is 1. The number of ether oxygens (including phenoxy) is 2. The molecule has 2 rings (SSSR count). The molecule has 0 aliphatic carbocycles. The van der Waals surface area contributed by atoms with Crippen LogP contribution in [0.15, 0.2) is 24.3 Å². The standard InChI is InChI=1S/C11H13NO3/c1-7-10(15-11(13)12-7)8-3-5-9(14-2)6-4-8/h3-7,10H,1-2H3,(H,12,13)/t7-,10-/m1/s1. The van der Waals surface area contributed by atoms with E-state index >= 15 is 0 Å². The number of carbonyl (C=O) groups is 1. The van der Waals surface area contributed by atoms with Crippen molar-refractivity contribution < 1.29 is 14.3 Å². The molecular weight excluding hydrogens is 194 g/mol. The largest absolute Gasteiger partial charge is 0.497 e. The number of rotatable bonds is 2. The molecule has 1 aromatic rings. The van der Waals surface area contributed by atoms with Crippen LogP contribution < -0.4 is 10.1 Å². The smallest absolute Gasteiger partial charge is 0.408 e. The van der Waals surface area contributed by atoms with Crippen LogP contribution in [0.5, 0.6) is 5.75 Å². The Balaban J connectivity index is 2.19. The number of alkyl carbamates (subject to hydrolysis) is 1. The lowest BCUT2D eigenvalue weighted by molar-refractivity contribution is 0.134. The van der Waals surface area contributed by atoms with Gasteiger partial charge in [-0.15, -0.1) is 0 Å². The average Bonchev–Trinajstić information content (AvgIpc) is 2.58. The molecule has 80 valence electrons. The Bertz CT molecular complexity index is 361. The molecule has 4 nitrogen and oxygen atoms in total. The molecular formula is C11H13NO3. The maximum absolute atomic E-state index is 11.0. The molecule has 15 heavy (non-hydrogen) atoms. The molecule has 1 N–H and O–H groups in total. The Labute approximate surface area is 88.2 Å². The number of benzene rings is 1. The van der Waals surface area contributed by atoms with Crippen molar-refractivity contribution >= 4 is 6.09 Å². The third kappa shape index (κ3) is 1.88. The molecule has 1 aromatic carbocycles. The Morgan fingerprint density at radius 3 is 2.47 bits per heavy atom. The molecule has 1 aliphatic rings. The zero-order chi connectivity index (χ0) is 10.8. The van der Waals surface area contributed by atoms with Gasteiger partial charge in [-0.25, -0.2) is 4.79 Å². The Morgan fingerprint density at radius 1 is 1.33 bits per heavy atom. The molecule has 0 radical (unpaired) electrons. The van der Waals surface area contributed by atoms with Crippen molar-refractivity contribution in [2.75, 3.05) is 7.11 Å². The molecule has 0 aromatic heterocycles. The summed E-state index contributed by atoms with van der Waals surface area (Å²) in [6, 6.07) is 7.52. The van der Waals surface area contributed by atoms with E-state index in [9.17, 15) is 4.79 Å². The van der Waals surface area contributed by atoms with Crippen molar-refractivity contribution in [2.24, 2.45) is 0 Å². The molecule has 4 heteroatoms. The zero-order valence-corrected chi connectivity index (χ0v) is 8.69. The van der Waals surface area contributed by atoms with Crippen LogP contribution in [0.25, 0.3) is 0 Å². The Kier molecular flexibility index (Phi) is 2.49. The van der Waals surface area contributed by atoms with Gasteiger partial charge in [0.2, 0.25) is 0 Å². The number of carbonyl (C=O) groups excluding carboxylic acids is 1. The minimum absolute atomic E-state index is 0.00546. The summed E-state index contributed by atoms with van der Waals surface area (Å²) < 4.78 is 10.2. The van der Waals surface area contributed by atoms with Crippen molar-refractivity contribution in [1.29, 1.82) is 0 Å². The lowest BCUT2D eigenvalue weighted by atomic mass is 10.0.